The Morgan fingerprint density at radius 3 is 2.86 bits per heavy atom. The third-order valence-corrected chi connectivity index (χ3v) is 3.99. The van der Waals surface area contributed by atoms with Crippen molar-refractivity contribution in [3.8, 4) is 6.07 Å². The number of nitrogens with zero attached hydrogens (tertiary/aromatic N) is 3. The van der Waals surface area contributed by atoms with E-state index in [1.54, 1.807) is 19.2 Å². The molecule has 0 aromatic heterocycles. The molecule has 21 heavy (non-hydrogen) atoms. The van der Waals surface area contributed by atoms with Crippen molar-refractivity contribution in [2.75, 3.05) is 19.5 Å². The fourth-order valence-corrected chi connectivity index (χ4v) is 2.62. The van der Waals surface area contributed by atoms with Crippen LogP contribution in [0.5, 0.6) is 0 Å². The minimum absolute atomic E-state index is 0.0414. The van der Waals surface area contributed by atoms with Gasteiger partial charge in [-0.15, -0.1) is 0 Å². The van der Waals surface area contributed by atoms with E-state index in [9.17, 15) is 10.1 Å². The third kappa shape index (κ3) is 2.96. The molecule has 1 unspecified atom stereocenters. The summed E-state index contributed by atoms with van der Waals surface area (Å²) in [6, 6.07) is 6.65. The Morgan fingerprint density at radius 1 is 1.57 bits per heavy atom. The maximum Gasteiger partial charge on any atom is 0.293 e. The Balaban J connectivity index is 2.31. The monoisotopic (exact) mass is 290 g/mol. The number of nitro benzene ring substituents is 1. The van der Waals surface area contributed by atoms with Gasteiger partial charge in [-0.3, -0.25) is 15.0 Å². The van der Waals surface area contributed by atoms with E-state index in [1.807, 2.05) is 13.1 Å². The van der Waals surface area contributed by atoms with Crippen molar-refractivity contribution in [1.29, 1.82) is 5.26 Å². The molecule has 1 N–H and O–H groups in total. The molecule has 1 aromatic rings. The van der Waals surface area contributed by atoms with Gasteiger partial charge < -0.3 is 10.1 Å². The molecule has 112 valence electrons. The third-order valence-electron chi connectivity index (χ3n) is 3.99. The van der Waals surface area contributed by atoms with Crippen LogP contribution in [0.15, 0.2) is 18.2 Å². The van der Waals surface area contributed by atoms with Crippen LogP contribution >= 0.6 is 0 Å². The second-order valence-electron chi connectivity index (χ2n) is 5.21. The van der Waals surface area contributed by atoms with Crippen LogP contribution in [0, 0.1) is 21.4 Å². The van der Waals surface area contributed by atoms with Crippen LogP contribution in [0.25, 0.3) is 0 Å². The van der Waals surface area contributed by atoms with Crippen molar-refractivity contribution in [3.05, 3.63) is 33.9 Å². The topological polar surface area (TPSA) is 91.4 Å². The largest absolute Gasteiger partial charge is 0.378 e. The summed E-state index contributed by atoms with van der Waals surface area (Å²) in [6.45, 7) is 2.08. The minimum atomic E-state index is -0.483. The maximum atomic E-state index is 11.2. The van der Waals surface area contributed by atoms with Gasteiger partial charge in [-0.25, -0.2) is 0 Å². The molecule has 1 aliphatic heterocycles. The molecule has 3 atom stereocenters. The highest BCUT2D eigenvalue weighted by atomic mass is 16.6. The Morgan fingerprint density at radius 2 is 2.29 bits per heavy atom. The molecule has 0 bridgehead atoms. The summed E-state index contributed by atoms with van der Waals surface area (Å²) in [5, 5.41) is 23.2. The number of nitro groups is 1. The lowest BCUT2D eigenvalue weighted by molar-refractivity contribution is -0.384. The van der Waals surface area contributed by atoms with Gasteiger partial charge in [0.2, 0.25) is 0 Å². The predicted molar refractivity (Wildman–Crippen MR) is 77.9 cm³/mol. The van der Waals surface area contributed by atoms with E-state index in [0.29, 0.717) is 11.7 Å². The van der Waals surface area contributed by atoms with E-state index in [0.717, 1.165) is 6.42 Å². The van der Waals surface area contributed by atoms with Crippen LogP contribution < -0.4 is 5.32 Å². The van der Waals surface area contributed by atoms with Gasteiger partial charge in [-0.2, -0.15) is 5.26 Å². The van der Waals surface area contributed by atoms with E-state index in [4.69, 9.17) is 10.00 Å². The van der Waals surface area contributed by atoms with Crippen molar-refractivity contribution in [3.63, 3.8) is 0 Å². The molecule has 0 saturated carbocycles. The number of methoxy groups -OCH3 is 1. The molecular formula is C14H18N4O3. The first-order valence-electron chi connectivity index (χ1n) is 6.67. The average molecular weight is 290 g/mol. The molecule has 0 spiro atoms. The number of likely N-dealkylation sites (tertiary alicyclic amines) is 1. The summed E-state index contributed by atoms with van der Waals surface area (Å²) in [4.78, 5) is 12.8. The number of anilines is 1. The number of nitriles is 1. The zero-order valence-corrected chi connectivity index (χ0v) is 12.2. The minimum Gasteiger partial charge on any atom is -0.378 e. The highest BCUT2D eigenvalue weighted by molar-refractivity contribution is 5.64. The Hall–Kier alpha value is -2.17. The smallest absolute Gasteiger partial charge is 0.293 e. The van der Waals surface area contributed by atoms with E-state index in [1.165, 1.54) is 6.07 Å². The standard InChI is InChI=1S/C14H18N4O3/c1-9-6-13(21-3)14(17(9)2)16-11-5-4-10(8-15)7-12(11)18(19)20/h4-5,7,9,13-14,16H,6H2,1-3H3/t9-,13-,14?/m1/s1. The second-order valence-corrected chi connectivity index (χ2v) is 5.21. The van der Waals surface area contributed by atoms with Crippen molar-refractivity contribution < 1.29 is 9.66 Å². The van der Waals surface area contributed by atoms with E-state index in [-0.39, 0.29) is 23.5 Å². The summed E-state index contributed by atoms with van der Waals surface area (Å²) < 4.78 is 5.46. The number of benzene rings is 1. The lowest BCUT2D eigenvalue weighted by Gasteiger charge is -2.27. The number of ether oxygens (including phenoxy) is 1. The van der Waals surface area contributed by atoms with Crippen LogP contribution in [0.2, 0.25) is 0 Å². The number of hydrogen-bond acceptors (Lipinski definition) is 6. The number of likely N-dealkylation sites (N-methyl/N-ethyl adjacent to an activating group) is 1. The van der Waals surface area contributed by atoms with Crippen LogP contribution in [0.1, 0.15) is 18.9 Å². The summed E-state index contributed by atoms with van der Waals surface area (Å²) in [6.07, 6.45) is 0.672. The van der Waals surface area contributed by atoms with Crippen molar-refractivity contribution in [2.45, 2.75) is 31.7 Å². The van der Waals surface area contributed by atoms with E-state index in [2.05, 4.69) is 17.1 Å². The van der Waals surface area contributed by atoms with E-state index < -0.39 is 4.92 Å². The van der Waals surface area contributed by atoms with Gasteiger partial charge in [0.15, 0.2) is 0 Å². The molecule has 0 amide bonds. The maximum absolute atomic E-state index is 11.2. The highest BCUT2D eigenvalue weighted by Crippen LogP contribution is 2.31. The fraction of sp³-hybridized carbons (Fsp3) is 0.500. The van der Waals surface area contributed by atoms with Gasteiger partial charge in [0, 0.05) is 19.2 Å². The average Bonchev–Trinajstić information content (AvgIpc) is 2.75. The first kappa shape index (κ1) is 15.2. The van der Waals surface area contributed by atoms with Crippen LogP contribution in [0.3, 0.4) is 0 Å². The van der Waals surface area contributed by atoms with Crippen molar-refractivity contribution >= 4 is 11.4 Å². The predicted octanol–water partition coefficient (Wildman–Crippen LogP) is 1.94. The van der Waals surface area contributed by atoms with Gasteiger partial charge in [0.25, 0.3) is 5.69 Å². The van der Waals surface area contributed by atoms with Crippen LogP contribution in [0.4, 0.5) is 11.4 Å². The lowest BCUT2D eigenvalue weighted by atomic mass is 10.1. The molecule has 0 radical (unpaired) electrons. The van der Waals surface area contributed by atoms with Gasteiger partial charge >= 0.3 is 0 Å². The number of hydrogen-bond donors (Lipinski definition) is 1. The Labute approximate surface area is 123 Å². The van der Waals surface area contributed by atoms with Gasteiger partial charge in [0.05, 0.1) is 22.7 Å². The Bertz CT molecular complexity index is 584. The van der Waals surface area contributed by atoms with Crippen LogP contribution in [-0.4, -0.2) is 42.3 Å². The molecular weight excluding hydrogens is 272 g/mol. The summed E-state index contributed by atoms with van der Waals surface area (Å²) in [7, 11) is 3.59. The summed E-state index contributed by atoms with van der Waals surface area (Å²) in [5.41, 5.74) is 0.563. The summed E-state index contributed by atoms with van der Waals surface area (Å²) in [5.74, 6) is 0. The van der Waals surface area contributed by atoms with Gasteiger partial charge in [-0.05, 0) is 32.5 Å². The molecule has 0 aliphatic carbocycles. The first-order valence-corrected chi connectivity index (χ1v) is 6.67. The molecule has 1 saturated heterocycles. The normalized spacial score (nSPS) is 25.5. The number of rotatable bonds is 4. The van der Waals surface area contributed by atoms with E-state index >= 15 is 0 Å². The van der Waals surface area contributed by atoms with Crippen LogP contribution in [-0.2, 0) is 4.74 Å². The molecule has 2 rings (SSSR count). The quantitative estimate of drug-likeness (QED) is 0.673. The highest BCUT2D eigenvalue weighted by Gasteiger charge is 2.37. The zero-order chi connectivity index (χ0) is 15.6. The molecule has 7 heteroatoms. The van der Waals surface area contributed by atoms with Gasteiger partial charge in [0.1, 0.15) is 11.9 Å². The second kappa shape index (κ2) is 6.08. The SMILES string of the molecule is CO[C@@H]1C[C@@H](C)N(C)C1Nc1ccc(C#N)cc1[N+](=O)[O-]. The fourth-order valence-electron chi connectivity index (χ4n) is 2.62. The molecule has 1 fully saturated rings. The number of nitrogens with one attached hydrogen (secondary N) is 1. The molecule has 1 heterocycles. The zero-order valence-electron chi connectivity index (χ0n) is 12.2. The van der Waals surface area contributed by atoms with Crippen molar-refractivity contribution in [1.82, 2.24) is 4.90 Å². The molecule has 1 aliphatic rings. The molecule has 7 nitrogen and oxygen atoms in total. The summed E-state index contributed by atoms with van der Waals surface area (Å²) >= 11 is 0. The van der Waals surface area contributed by atoms with Crippen molar-refractivity contribution in [2.24, 2.45) is 0 Å². The molecule has 1 aromatic carbocycles. The van der Waals surface area contributed by atoms with Gasteiger partial charge in [-0.1, -0.05) is 0 Å². The first-order chi connectivity index (χ1) is 9.97. The lowest BCUT2D eigenvalue weighted by Crippen LogP contribution is -2.41. The Kier molecular flexibility index (Phi) is 4.40.